The minimum absolute atomic E-state index is 0.0618. The molecule has 5 fully saturated rings. The molecule has 4 bridgehead atoms. The highest BCUT2D eigenvalue weighted by Crippen LogP contribution is 2.39. The second kappa shape index (κ2) is 11.9. The largest absolute Gasteiger partial charge is 0.386 e. The van der Waals surface area contributed by atoms with Gasteiger partial charge in [0.1, 0.15) is 18.1 Å². The molecule has 5 heterocycles. The lowest BCUT2D eigenvalue weighted by molar-refractivity contribution is -0.245. The third-order valence-electron chi connectivity index (χ3n) is 9.86. The summed E-state index contributed by atoms with van der Waals surface area (Å²) in [5, 5.41) is 11.6. The highest BCUT2D eigenvalue weighted by Gasteiger charge is 2.46. The van der Waals surface area contributed by atoms with Crippen LogP contribution >= 0.6 is 0 Å². The molecule has 5 nitrogen and oxygen atoms in total. The Kier molecular flexibility index (Phi) is 8.91. The minimum atomic E-state index is -0.641. The molecule has 0 aromatic rings. The summed E-state index contributed by atoms with van der Waals surface area (Å²) in [6, 6.07) is 0. The number of piperidine rings is 2. The monoisotopic (exact) mass is 476 g/mol. The van der Waals surface area contributed by atoms with Crippen LogP contribution in [0.3, 0.4) is 0 Å². The first-order chi connectivity index (χ1) is 16.6. The molecule has 0 spiro atoms. The van der Waals surface area contributed by atoms with E-state index in [0.717, 1.165) is 51.1 Å². The molecular formula is C29H52N2O3. The van der Waals surface area contributed by atoms with Crippen LogP contribution in [0.25, 0.3) is 0 Å². The first-order valence-electron chi connectivity index (χ1n) is 15.1. The van der Waals surface area contributed by atoms with E-state index in [2.05, 4.69) is 16.7 Å². The van der Waals surface area contributed by atoms with Crippen molar-refractivity contribution in [2.45, 2.75) is 146 Å². The van der Waals surface area contributed by atoms with E-state index in [1.54, 1.807) is 0 Å². The van der Waals surface area contributed by atoms with Gasteiger partial charge in [-0.15, -0.1) is 0 Å². The second-order valence-corrected chi connectivity index (χ2v) is 12.5. The number of rotatable bonds is 0. The van der Waals surface area contributed by atoms with Gasteiger partial charge in [0.15, 0.2) is 0 Å². The topological polar surface area (TPSA) is 45.2 Å². The third kappa shape index (κ3) is 6.02. The fourth-order valence-corrected chi connectivity index (χ4v) is 7.85. The summed E-state index contributed by atoms with van der Waals surface area (Å²) in [6.07, 6.45) is 21.7. The van der Waals surface area contributed by atoms with Crippen molar-refractivity contribution in [2.75, 3.05) is 26.2 Å². The molecule has 5 aliphatic rings. The summed E-state index contributed by atoms with van der Waals surface area (Å²) in [7, 11) is 0. The van der Waals surface area contributed by atoms with Crippen molar-refractivity contribution < 1.29 is 14.6 Å². The summed E-state index contributed by atoms with van der Waals surface area (Å²) in [6.45, 7) is 7.08. The van der Waals surface area contributed by atoms with Crippen LogP contribution in [0, 0.1) is 11.8 Å². The molecule has 5 saturated heterocycles. The standard InChI is InChI=1S/C29H52N2O3/c1-23-22-31-19-10-13-24-12-6-2-3-7-14-25-16-21-30-20-11-18-29(32,28(30)33-25)17-9-5-4-8-15-26(23)34-27(24)31/h23-28,32H,2-22H2,1H3/t23-,24-,25+,26+,27-,28-,29-/m1/s1. The smallest absolute Gasteiger partial charge is 0.140 e. The molecule has 0 aliphatic carbocycles. The highest BCUT2D eigenvalue weighted by atomic mass is 16.5. The fourth-order valence-electron chi connectivity index (χ4n) is 7.85. The lowest BCUT2D eigenvalue weighted by Crippen LogP contribution is -2.61. The summed E-state index contributed by atoms with van der Waals surface area (Å²) in [4.78, 5) is 5.12. The number of ether oxygens (including phenoxy) is 2. The average Bonchev–Trinajstić information content (AvgIpc) is 2.83. The number of hydrogen-bond donors (Lipinski definition) is 1. The van der Waals surface area contributed by atoms with E-state index in [1.807, 2.05) is 0 Å². The van der Waals surface area contributed by atoms with Gasteiger partial charge in [-0.05, 0) is 69.6 Å². The van der Waals surface area contributed by atoms with E-state index >= 15 is 0 Å². The molecule has 5 rings (SSSR count). The summed E-state index contributed by atoms with van der Waals surface area (Å²) in [5.74, 6) is 1.39. The zero-order valence-electron chi connectivity index (χ0n) is 22.0. The molecule has 0 saturated carbocycles. The van der Waals surface area contributed by atoms with Crippen LogP contribution in [0.4, 0.5) is 0 Å². The van der Waals surface area contributed by atoms with E-state index in [4.69, 9.17) is 9.47 Å². The molecule has 34 heavy (non-hydrogen) atoms. The van der Waals surface area contributed by atoms with E-state index in [1.165, 1.54) is 90.1 Å². The predicted molar refractivity (Wildman–Crippen MR) is 137 cm³/mol. The molecule has 0 unspecified atom stereocenters. The Morgan fingerprint density at radius 2 is 1.38 bits per heavy atom. The summed E-state index contributed by atoms with van der Waals surface area (Å²) < 4.78 is 13.4. The minimum Gasteiger partial charge on any atom is -0.386 e. The van der Waals surface area contributed by atoms with Gasteiger partial charge in [-0.2, -0.15) is 0 Å². The Balaban J connectivity index is 1.20. The van der Waals surface area contributed by atoms with Crippen molar-refractivity contribution in [1.82, 2.24) is 9.80 Å². The lowest BCUT2D eigenvalue weighted by Gasteiger charge is -2.51. The molecule has 5 heteroatoms. The van der Waals surface area contributed by atoms with E-state index in [0.29, 0.717) is 24.4 Å². The molecule has 196 valence electrons. The van der Waals surface area contributed by atoms with Gasteiger partial charge in [0.25, 0.3) is 0 Å². The van der Waals surface area contributed by atoms with Crippen LogP contribution in [-0.2, 0) is 9.47 Å². The van der Waals surface area contributed by atoms with Gasteiger partial charge >= 0.3 is 0 Å². The molecule has 0 amide bonds. The Hall–Kier alpha value is -0.200. The number of nitrogens with zero attached hydrogens (tertiary/aromatic N) is 2. The van der Waals surface area contributed by atoms with Crippen molar-refractivity contribution in [3.8, 4) is 0 Å². The van der Waals surface area contributed by atoms with Gasteiger partial charge in [-0.25, -0.2) is 0 Å². The van der Waals surface area contributed by atoms with Crippen LogP contribution < -0.4 is 0 Å². The maximum atomic E-state index is 11.6. The number of fused-ring (bicyclic) bond motifs is 2. The van der Waals surface area contributed by atoms with Crippen LogP contribution in [0.2, 0.25) is 0 Å². The van der Waals surface area contributed by atoms with Crippen molar-refractivity contribution in [3.63, 3.8) is 0 Å². The quantitative estimate of drug-likeness (QED) is 0.486. The Morgan fingerprint density at radius 1 is 0.676 bits per heavy atom. The first kappa shape index (κ1) is 25.4. The molecular weight excluding hydrogens is 424 g/mol. The average molecular weight is 477 g/mol. The van der Waals surface area contributed by atoms with Gasteiger partial charge in [-0.3, -0.25) is 9.80 Å². The molecule has 1 N–H and O–H groups in total. The maximum absolute atomic E-state index is 11.6. The fraction of sp³-hybridized carbons (Fsp3) is 1.00. The normalized spacial score (nSPS) is 44.3. The van der Waals surface area contributed by atoms with Crippen molar-refractivity contribution in [2.24, 2.45) is 11.8 Å². The van der Waals surface area contributed by atoms with Gasteiger partial charge in [0, 0.05) is 26.2 Å². The second-order valence-electron chi connectivity index (χ2n) is 12.5. The van der Waals surface area contributed by atoms with Gasteiger partial charge in [-0.1, -0.05) is 58.3 Å². The third-order valence-corrected chi connectivity index (χ3v) is 9.86. The molecule has 0 aromatic heterocycles. The molecule has 7 atom stereocenters. The Morgan fingerprint density at radius 3 is 2.26 bits per heavy atom. The molecule has 0 radical (unpaired) electrons. The Labute approximate surface area is 208 Å². The van der Waals surface area contributed by atoms with Crippen molar-refractivity contribution in [3.05, 3.63) is 0 Å². The highest BCUT2D eigenvalue weighted by molar-refractivity contribution is 4.95. The zero-order valence-corrected chi connectivity index (χ0v) is 22.0. The maximum Gasteiger partial charge on any atom is 0.140 e. The first-order valence-corrected chi connectivity index (χ1v) is 15.1. The number of hydrogen-bond acceptors (Lipinski definition) is 5. The van der Waals surface area contributed by atoms with Crippen molar-refractivity contribution in [1.29, 1.82) is 0 Å². The summed E-state index contributed by atoms with van der Waals surface area (Å²) >= 11 is 0. The van der Waals surface area contributed by atoms with Crippen molar-refractivity contribution >= 4 is 0 Å². The van der Waals surface area contributed by atoms with Gasteiger partial charge in [0.05, 0.1) is 12.2 Å². The van der Waals surface area contributed by atoms with E-state index < -0.39 is 5.60 Å². The molecule has 5 aliphatic heterocycles. The SMILES string of the molecule is C[C@@H]1CN2CCC[C@H]3CCCCCC[C@H]4CCN5CCC[C@](O)(CCCCCC[C@@H]1O[C@H]32)[C@H]5O4. The van der Waals surface area contributed by atoms with Gasteiger partial charge < -0.3 is 14.6 Å². The van der Waals surface area contributed by atoms with Gasteiger partial charge in [0.2, 0.25) is 0 Å². The predicted octanol–water partition coefficient (Wildman–Crippen LogP) is 5.70. The van der Waals surface area contributed by atoms with E-state index in [-0.39, 0.29) is 6.23 Å². The van der Waals surface area contributed by atoms with Crippen LogP contribution in [-0.4, -0.2) is 71.4 Å². The number of aliphatic hydroxyl groups is 1. The van der Waals surface area contributed by atoms with Crippen LogP contribution in [0.5, 0.6) is 0 Å². The lowest BCUT2D eigenvalue weighted by atomic mass is 9.84. The Bertz CT molecular complexity index is 632. The summed E-state index contributed by atoms with van der Waals surface area (Å²) in [5.41, 5.74) is -0.641. The van der Waals surface area contributed by atoms with E-state index in [9.17, 15) is 5.11 Å². The molecule has 0 aromatic carbocycles. The van der Waals surface area contributed by atoms with Crippen LogP contribution in [0.15, 0.2) is 0 Å². The zero-order chi connectivity index (χ0) is 23.4. The van der Waals surface area contributed by atoms with Crippen LogP contribution in [0.1, 0.15) is 116 Å².